The number of para-hydroxylation sites is 1. The van der Waals surface area contributed by atoms with Crippen molar-refractivity contribution in [1.29, 1.82) is 0 Å². The van der Waals surface area contributed by atoms with E-state index in [4.69, 9.17) is 4.74 Å². The third kappa shape index (κ3) is 4.17. The number of thioether (sulfide) groups is 1. The normalized spacial score (nSPS) is 15.3. The van der Waals surface area contributed by atoms with E-state index in [9.17, 15) is 18.8 Å². The molecule has 0 saturated carbocycles. The Morgan fingerprint density at radius 3 is 2.59 bits per heavy atom. The molecule has 0 radical (unpaired) electrons. The molecule has 2 aromatic carbocycles. The van der Waals surface area contributed by atoms with Crippen molar-refractivity contribution in [3.8, 4) is 0 Å². The van der Waals surface area contributed by atoms with Crippen molar-refractivity contribution >= 4 is 40.6 Å². The Morgan fingerprint density at radius 1 is 1.19 bits per heavy atom. The van der Waals surface area contributed by atoms with Crippen molar-refractivity contribution in [1.82, 2.24) is 4.90 Å². The van der Waals surface area contributed by atoms with E-state index in [1.54, 1.807) is 24.3 Å². The summed E-state index contributed by atoms with van der Waals surface area (Å²) in [5, 5.41) is 2.48. The van der Waals surface area contributed by atoms with Crippen LogP contribution in [0.5, 0.6) is 0 Å². The number of amides is 2. The zero-order valence-electron chi connectivity index (χ0n) is 14.3. The standard InChI is InChI=1S/C19H15FN2O4S/c1-26-18(24)14-4-2-3-5-15(14)21-11-22-17(23)16(27-19(22)25)10-12-6-8-13(20)9-7-12/h2-10,21H,11H2,1H3/b16-10+. The minimum atomic E-state index is -0.525. The number of hydrogen-bond donors (Lipinski definition) is 1. The summed E-state index contributed by atoms with van der Waals surface area (Å²) < 4.78 is 17.7. The molecule has 2 aromatic rings. The number of rotatable bonds is 5. The summed E-state index contributed by atoms with van der Waals surface area (Å²) in [5.74, 6) is -1.37. The van der Waals surface area contributed by atoms with Crippen LogP contribution in [-0.4, -0.2) is 35.8 Å². The predicted octanol–water partition coefficient (Wildman–Crippen LogP) is 3.72. The number of hydrogen-bond acceptors (Lipinski definition) is 6. The molecule has 0 spiro atoms. The molecule has 1 heterocycles. The molecule has 3 rings (SSSR count). The van der Waals surface area contributed by atoms with Crippen LogP contribution in [-0.2, 0) is 9.53 Å². The van der Waals surface area contributed by atoms with E-state index in [2.05, 4.69) is 5.32 Å². The van der Waals surface area contributed by atoms with Crippen molar-refractivity contribution in [3.05, 3.63) is 70.4 Å². The van der Waals surface area contributed by atoms with Crippen LogP contribution in [0, 0.1) is 5.82 Å². The Labute approximate surface area is 159 Å². The Balaban J connectivity index is 1.73. The predicted molar refractivity (Wildman–Crippen MR) is 100 cm³/mol. The first-order valence-electron chi connectivity index (χ1n) is 7.92. The molecule has 138 valence electrons. The summed E-state index contributed by atoms with van der Waals surface area (Å²) in [4.78, 5) is 37.7. The Hall–Kier alpha value is -3.13. The molecule has 6 nitrogen and oxygen atoms in total. The monoisotopic (exact) mass is 386 g/mol. The molecule has 0 aromatic heterocycles. The average Bonchev–Trinajstić information content (AvgIpc) is 2.94. The van der Waals surface area contributed by atoms with E-state index in [1.807, 2.05) is 0 Å². The van der Waals surface area contributed by atoms with E-state index in [1.165, 1.54) is 37.5 Å². The van der Waals surface area contributed by atoms with Crippen molar-refractivity contribution in [3.63, 3.8) is 0 Å². The van der Waals surface area contributed by atoms with Gasteiger partial charge in [0.05, 0.1) is 29.9 Å². The highest BCUT2D eigenvalue weighted by atomic mass is 32.2. The van der Waals surface area contributed by atoms with Gasteiger partial charge in [-0.05, 0) is 47.7 Å². The quantitative estimate of drug-likeness (QED) is 0.624. The van der Waals surface area contributed by atoms with Crippen LogP contribution in [0.25, 0.3) is 6.08 Å². The highest BCUT2D eigenvalue weighted by molar-refractivity contribution is 8.18. The SMILES string of the molecule is COC(=O)c1ccccc1NCN1C(=O)S/C(=C/c2ccc(F)cc2)C1=O. The van der Waals surface area contributed by atoms with E-state index in [0.29, 0.717) is 16.8 Å². The van der Waals surface area contributed by atoms with Gasteiger partial charge in [-0.3, -0.25) is 14.5 Å². The second-order valence-corrected chi connectivity index (χ2v) is 6.53. The van der Waals surface area contributed by atoms with Gasteiger partial charge >= 0.3 is 5.97 Å². The number of benzene rings is 2. The topological polar surface area (TPSA) is 75.7 Å². The molecule has 0 bridgehead atoms. The summed E-state index contributed by atoms with van der Waals surface area (Å²) in [5.41, 5.74) is 1.37. The molecule has 1 N–H and O–H groups in total. The average molecular weight is 386 g/mol. The van der Waals surface area contributed by atoms with Crippen molar-refractivity contribution in [2.45, 2.75) is 0 Å². The van der Waals surface area contributed by atoms with Gasteiger partial charge in [0, 0.05) is 0 Å². The summed E-state index contributed by atoms with van der Waals surface area (Å²) in [6.45, 7) is -0.0978. The molecule has 1 aliphatic rings. The zero-order valence-corrected chi connectivity index (χ0v) is 15.1. The molecule has 0 atom stereocenters. The Kier molecular flexibility index (Phi) is 5.56. The van der Waals surface area contributed by atoms with Crippen molar-refractivity contribution in [2.75, 3.05) is 19.1 Å². The van der Waals surface area contributed by atoms with Crippen LogP contribution >= 0.6 is 11.8 Å². The number of methoxy groups -OCH3 is 1. The van der Waals surface area contributed by atoms with Crippen LogP contribution in [0.15, 0.2) is 53.4 Å². The number of nitrogens with one attached hydrogen (secondary N) is 1. The first kappa shape index (κ1) is 18.7. The van der Waals surface area contributed by atoms with Gasteiger partial charge in [-0.2, -0.15) is 0 Å². The van der Waals surface area contributed by atoms with Crippen molar-refractivity contribution in [2.24, 2.45) is 0 Å². The Morgan fingerprint density at radius 2 is 1.89 bits per heavy atom. The second kappa shape index (κ2) is 8.05. The molecule has 0 aliphatic carbocycles. The molecule has 27 heavy (non-hydrogen) atoms. The molecule has 1 saturated heterocycles. The maximum Gasteiger partial charge on any atom is 0.339 e. The summed E-state index contributed by atoms with van der Waals surface area (Å²) in [6.07, 6.45) is 1.53. The fourth-order valence-corrected chi connectivity index (χ4v) is 3.27. The first-order chi connectivity index (χ1) is 13.0. The molecule has 2 amide bonds. The van der Waals surface area contributed by atoms with Crippen LogP contribution in [0.3, 0.4) is 0 Å². The summed E-state index contributed by atoms with van der Waals surface area (Å²) in [7, 11) is 1.27. The van der Waals surface area contributed by atoms with E-state index in [-0.39, 0.29) is 17.4 Å². The number of carbonyl (C=O) groups excluding carboxylic acids is 3. The minimum absolute atomic E-state index is 0.0978. The number of esters is 1. The van der Waals surface area contributed by atoms with E-state index in [0.717, 1.165) is 16.7 Å². The largest absolute Gasteiger partial charge is 0.465 e. The van der Waals surface area contributed by atoms with E-state index >= 15 is 0 Å². The lowest BCUT2D eigenvalue weighted by atomic mass is 10.2. The second-order valence-electron chi connectivity index (χ2n) is 5.53. The van der Waals surface area contributed by atoms with Gasteiger partial charge in [-0.25, -0.2) is 9.18 Å². The van der Waals surface area contributed by atoms with Crippen LogP contribution in [0.4, 0.5) is 14.9 Å². The molecule has 1 fully saturated rings. The fourth-order valence-electron chi connectivity index (χ4n) is 2.44. The molecular formula is C19H15FN2O4S. The van der Waals surface area contributed by atoms with Crippen LogP contribution < -0.4 is 5.32 Å². The maximum absolute atomic E-state index is 13.0. The van der Waals surface area contributed by atoms with Gasteiger partial charge in [0.2, 0.25) is 0 Å². The molecular weight excluding hydrogens is 371 g/mol. The van der Waals surface area contributed by atoms with Gasteiger partial charge in [-0.15, -0.1) is 0 Å². The summed E-state index contributed by atoms with van der Waals surface area (Å²) >= 11 is 0.804. The maximum atomic E-state index is 13.0. The van der Waals surface area contributed by atoms with E-state index < -0.39 is 17.1 Å². The van der Waals surface area contributed by atoms with Gasteiger partial charge in [0.15, 0.2) is 0 Å². The highest BCUT2D eigenvalue weighted by Crippen LogP contribution is 2.32. The number of anilines is 1. The lowest BCUT2D eigenvalue weighted by molar-refractivity contribution is -0.122. The number of imide groups is 1. The molecule has 1 aliphatic heterocycles. The zero-order chi connectivity index (χ0) is 19.4. The lowest BCUT2D eigenvalue weighted by Gasteiger charge is -2.16. The Bertz CT molecular complexity index is 928. The minimum Gasteiger partial charge on any atom is -0.465 e. The number of halogens is 1. The van der Waals surface area contributed by atoms with Gasteiger partial charge in [0.25, 0.3) is 11.1 Å². The summed E-state index contributed by atoms with van der Waals surface area (Å²) in [6, 6.07) is 12.2. The number of carbonyl (C=O) groups is 3. The third-order valence-electron chi connectivity index (χ3n) is 3.80. The fraction of sp³-hybridized carbons (Fsp3) is 0.105. The van der Waals surface area contributed by atoms with Crippen LogP contribution in [0.2, 0.25) is 0 Å². The smallest absolute Gasteiger partial charge is 0.339 e. The molecule has 8 heteroatoms. The van der Waals surface area contributed by atoms with Gasteiger partial charge < -0.3 is 10.1 Å². The molecule has 0 unspecified atom stereocenters. The number of ether oxygens (including phenoxy) is 1. The lowest BCUT2D eigenvalue weighted by Crippen LogP contribution is -2.33. The first-order valence-corrected chi connectivity index (χ1v) is 8.73. The highest BCUT2D eigenvalue weighted by Gasteiger charge is 2.35. The van der Waals surface area contributed by atoms with Gasteiger partial charge in [-0.1, -0.05) is 24.3 Å². The van der Waals surface area contributed by atoms with Crippen LogP contribution in [0.1, 0.15) is 15.9 Å². The van der Waals surface area contributed by atoms with Crippen molar-refractivity contribution < 1.29 is 23.5 Å². The third-order valence-corrected chi connectivity index (χ3v) is 4.71. The van der Waals surface area contributed by atoms with Gasteiger partial charge in [0.1, 0.15) is 5.82 Å². The number of nitrogens with zero attached hydrogens (tertiary/aromatic N) is 1.